The monoisotopic (exact) mass is 320 g/mol. The Bertz CT molecular complexity index is 682. The van der Waals surface area contributed by atoms with E-state index in [9.17, 15) is 14.0 Å². The zero-order valence-electron chi connectivity index (χ0n) is 12.6. The van der Waals surface area contributed by atoms with E-state index in [1.54, 1.807) is 0 Å². The number of aliphatic carboxylic acids is 1. The maximum absolute atomic E-state index is 13.0. The normalized spacial score (nSPS) is 11.9. The summed E-state index contributed by atoms with van der Waals surface area (Å²) in [6, 6.07) is 4.40. The summed E-state index contributed by atoms with van der Waals surface area (Å²) in [5.74, 6) is -1.98. The van der Waals surface area contributed by atoms with E-state index in [1.165, 1.54) is 24.3 Å². The Balaban J connectivity index is 2.18. The van der Waals surface area contributed by atoms with Gasteiger partial charge in [-0.15, -0.1) is 0 Å². The zero-order valence-corrected chi connectivity index (χ0v) is 12.6. The van der Waals surface area contributed by atoms with Crippen molar-refractivity contribution >= 4 is 11.9 Å². The average molecular weight is 320 g/mol. The summed E-state index contributed by atoms with van der Waals surface area (Å²) in [6.45, 7) is 1.94. The van der Waals surface area contributed by atoms with Crippen LogP contribution in [0, 0.1) is 5.82 Å². The average Bonchev–Trinajstić information content (AvgIpc) is 3.01. The number of carboxylic acid groups (broad SMARTS) is 1. The molecule has 2 rings (SSSR count). The summed E-state index contributed by atoms with van der Waals surface area (Å²) >= 11 is 0. The summed E-state index contributed by atoms with van der Waals surface area (Å²) < 4.78 is 18.2. The highest BCUT2D eigenvalue weighted by molar-refractivity contribution is 5.99. The number of halogens is 1. The lowest BCUT2D eigenvalue weighted by Gasteiger charge is -2.13. The van der Waals surface area contributed by atoms with Crippen molar-refractivity contribution < 1.29 is 23.5 Å². The number of unbranched alkanes of at least 4 members (excludes halogenated alkanes) is 1. The van der Waals surface area contributed by atoms with E-state index in [0.29, 0.717) is 18.4 Å². The summed E-state index contributed by atoms with van der Waals surface area (Å²) in [5, 5.41) is 11.6. The smallest absolute Gasteiger partial charge is 0.326 e. The minimum atomic E-state index is -1.10. The molecular formula is C16H17FN2O4. The maximum atomic E-state index is 13.0. The fourth-order valence-corrected chi connectivity index (χ4v) is 2.11. The lowest BCUT2D eigenvalue weighted by atomic mass is 10.1. The molecule has 0 fully saturated rings. The van der Waals surface area contributed by atoms with Crippen LogP contribution in [0.5, 0.6) is 0 Å². The van der Waals surface area contributed by atoms with Gasteiger partial charge in [0.25, 0.3) is 5.91 Å². The van der Waals surface area contributed by atoms with Crippen LogP contribution in [-0.4, -0.2) is 28.0 Å². The van der Waals surface area contributed by atoms with Crippen LogP contribution in [-0.2, 0) is 4.79 Å². The lowest BCUT2D eigenvalue weighted by Crippen LogP contribution is -2.41. The van der Waals surface area contributed by atoms with E-state index in [0.717, 1.165) is 12.8 Å². The predicted octanol–water partition coefficient (Wildman–Crippen LogP) is 2.85. The van der Waals surface area contributed by atoms with Gasteiger partial charge < -0.3 is 14.8 Å². The molecule has 0 unspecified atom stereocenters. The molecule has 1 atom stereocenters. The Morgan fingerprint density at radius 3 is 2.65 bits per heavy atom. The number of nitrogens with one attached hydrogen (secondary N) is 1. The predicted molar refractivity (Wildman–Crippen MR) is 80.3 cm³/mol. The molecule has 0 radical (unpaired) electrons. The molecule has 2 aromatic rings. The summed E-state index contributed by atoms with van der Waals surface area (Å²) in [6.07, 6.45) is 2.93. The molecule has 1 aromatic carbocycles. The van der Waals surface area contributed by atoms with Crippen LogP contribution in [0.3, 0.4) is 0 Å². The van der Waals surface area contributed by atoms with Gasteiger partial charge in [-0.05, 0) is 30.7 Å². The number of amides is 1. The Labute approximate surface area is 132 Å². The number of nitrogens with zero attached hydrogens (tertiary/aromatic N) is 1. The Hall–Kier alpha value is -2.70. The first-order valence-electron chi connectivity index (χ1n) is 7.26. The summed E-state index contributed by atoms with van der Waals surface area (Å²) in [7, 11) is 0. The second kappa shape index (κ2) is 7.53. The number of carboxylic acids is 1. The number of carbonyl (C=O) groups is 2. The molecule has 0 saturated carbocycles. The first-order chi connectivity index (χ1) is 11.0. The second-order valence-electron chi connectivity index (χ2n) is 5.04. The first kappa shape index (κ1) is 16.7. The van der Waals surface area contributed by atoms with Gasteiger partial charge in [0.15, 0.2) is 17.8 Å². The fraction of sp³-hybridized carbons (Fsp3) is 0.312. The molecule has 23 heavy (non-hydrogen) atoms. The van der Waals surface area contributed by atoms with Crippen molar-refractivity contribution in [2.24, 2.45) is 0 Å². The van der Waals surface area contributed by atoms with Gasteiger partial charge in [-0.2, -0.15) is 0 Å². The number of benzene rings is 1. The van der Waals surface area contributed by atoms with Crippen molar-refractivity contribution in [3.8, 4) is 11.3 Å². The zero-order chi connectivity index (χ0) is 16.8. The quantitative estimate of drug-likeness (QED) is 0.818. The van der Waals surface area contributed by atoms with E-state index >= 15 is 0 Å². The molecular weight excluding hydrogens is 303 g/mol. The molecule has 0 spiro atoms. The van der Waals surface area contributed by atoms with Gasteiger partial charge in [-0.25, -0.2) is 14.2 Å². The molecule has 0 saturated heterocycles. The van der Waals surface area contributed by atoms with Gasteiger partial charge >= 0.3 is 5.97 Å². The maximum Gasteiger partial charge on any atom is 0.326 e. The van der Waals surface area contributed by atoms with Crippen LogP contribution in [0.4, 0.5) is 4.39 Å². The van der Waals surface area contributed by atoms with Crippen LogP contribution >= 0.6 is 0 Å². The number of aromatic nitrogens is 1. The van der Waals surface area contributed by atoms with Crippen molar-refractivity contribution in [1.29, 1.82) is 0 Å². The topological polar surface area (TPSA) is 92.4 Å². The molecule has 1 aromatic heterocycles. The van der Waals surface area contributed by atoms with E-state index in [4.69, 9.17) is 9.52 Å². The molecule has 0 aliphatic heterocycles. The molecule has 1 amide bonds. The van der Waals surface area contributed by atoms with Crippen molar-refractivity contribution in [3.63, 3.8) is 0 Å². The Morgan fingerprint density at radius 2 is 2.04 bits per heavy atom. The first-order valence-corrected chi connectivity index (χ1v) is 7.26. The van der Waals surface area contributed by atoms with Gasteiger partial charge in [0, 0.05) is 5.56 Å². The number of rotatable bonds is 7. The van der Waals surface area contributed by atoms with Gasteiger partial charge in [-0.1, -0.05) is 19.8 Å². The molecule has 122 valence electrons. The number of oxazole rings is 1. The van der Waals surface area contributed by atoms with E-state index < -0.39 is 23.7 Å². The Kier molecular flexibility index (Phi) is 5.46. The van der Waals surface area contributed by atoms with Crippen LogP contribution in [0.25, 0.3) is 11.3 Å². The van der Waals surface area contributed by atoms with Crippen LogP contribution < -0.4 is 5.32 Å². The van der Waals surface area contributed by atoms with Gasteiger partial charge in [0.2, 0.25) is 0 Å². The van der Waals surface area contributed by atoms with Crippen LogP contribution in [0.2, 0.25) is 0 Å². The molecule has 7 heteroatoms. The highest BCUT2D eigenvalue weighted by Crippen LogP contribution is 2.23. The second-order valence-corrected chi connectivity index (χ2v) is 5.04. The van der Waals surface area contributed by atoms with Crippen molar-refractivity contribution in [2.45, 2.75) is 32.2 Å². The molecule has 0 aliphatic rings. The third-order valence-electron chi connectivity index (χ3n) is 3.34. The molecule has 2 N–H and O–H groups in total. The van der Waals surface area contributed by atoms with Crippen molar-refractivity contribution in [3.05, 3.63) is 42.2 Å². The lowest BCUT2D eigenvalue weighted by molar-refractivity contribution is -0.139. The molecule has 6 nitrogen and oxygen atoms in total. The number of hydrogen-bond acceptors (Lipinski definition) is 4. The highest BCUT2D eigenvalue weighted by atomic mass is 19.1. The van der Waals surface area contributed by atoms with E-state index in [-0.39, 0.29) is 11.5 Å². The third-order valence-corrected chi connectivity index (χ3v) is 3.34. The standard InChI is InChI=1S/C16H17FN2O4/c1-2-3-4-12(16(21)22)19-15(20)13-14(23-9-18-13)10-5-7-11(17)8-6-10/h5-9,12H,2-4H2,1H3,(H,19,20)(H,21,22)/t12-/m0/s1. The third kappa shape index (κ3) is 4.15. The number of hydrogen-bond donors (Lipinski definition) is 2. The van der Waals surface area contributed by atoms with Crippen molar-refractivity contribution in [1.82, 2.24) is 10.3 Å². The fourth-order valence-electron chi connectivity index (χ4n) is 2.11. The minimum Gasteiger partial charge on any atom is -0.480 e. The van der Waals surface area contributed by atoms with Gasteiger partial charge in [-0.3, -0.25) is 4.79 Å². The van der Waals surface area contributed by atoms with Gasteiger partial charge in [0.05, 0.1) is 0 Å². The SMILES string of the molecule is CCCC[C@H](NC(=O)c1ncoc1-c1ccc(F)cc1)C(=O)O. The van der Waals surface area contributed by atoms with Crippen LogP contribution in [0.1, 0.15) is 36.7 Å². The van der Waals surface area contributed by atoms with E-state index in [2.05, 4.69) is 10.3 Å². The van der Waals surface area contributed by atoms with Crippen LogP contribution in [0.15, 0.2) is 35.1 Å². The minimum absolute atomic E-state index is 0.0284. The largest absolute Gasteiger partial charge is 0.480 e. The molecule has 0 bridgehead atoms. The van der Waals surface area contributed by atoms with Crippen molar-refractivity contribution in [2.75, 3.05) is 0 Å². The molecule has 1 heterocycles. The molecule has 0 aliphatic carbocycles. The number of carbonyl (C=O) groups excluding carboxylic acids is 1. The van der Waals surface area contributed by atoms with E-state index in [1.807, 2.05) is 6.92 Å². The Morgan fingerprint density at radius 1 is 1.35 bits per heavy atom. The summed E-state index contributed by atoms with van der Waals surface area (Å²) in [4.78, 5) is 27.3. The van der Waals surface area contributed by atoms with Gasteiger partial charge in [0.1, 0.15) is 11.9 Å². The summed E-state index contributed by atoms with van der Waals surface area (Å²) in [5.41, 5.74) is 0.453. The highest BCUT2D eigenvalue weighted by Gasteiger charge is 2.24.